The van der Waals surface area contributed by atoms with Crippen LogP contribution in [0.25, 0.3) is 71.7 Å². The van der Waals surface area contributed by atoms with Crippen LogP contribution < -0.4 is 0 Å². The molecule has 0 atom stereocenters. The van der Waals surface area contributed by atoms with E-state index >= 15 is 0 Å². The SMILES string of the molecule is C=C/C=C(\C=C(/C)c1ccccc1)n1c2ccccc2c2cc(-c3ccc4c(c3)c3ccccc3n4-c3ccc(Cl)cc3)ccc21. The maximum absolute atomic E-state index is 6.24. The van der Waals surface area contributed by atoms with Crippen LogP contribution in [0.4, 0.5) is 0 Å². The first-order valence-corrected chi connectivity index (χ1v) is 15.9. The molecule has 6 aromatic carbocycles. The molecule has 2 aromatic heterocycles. The van der Waals surface area contributed by atoms with E-state index in [-0.39, 0.29) is 0 Å². The Hall–Kier alpha value is -5.57. The molecule has 0 fully saturated rings. The number of hydrogen-bond donors (Lipinski definition) is 0. The second kappa shape index (κ2) is 11.4. The van der Waals surface area contributed by atoms with Crippen molar-refractivity contribution < 1.29 is 0 Å². The van der Waals surface area contributed by atoms with Crippen LogP contribution in [0.1, 0.15) is 12.5 Å². The molecule has 0 aliphatic rings. The summed E-state index contributed by atoms with van der Waals surface area (Å²) in [7, 11) is 0. The van der Waals surface area contributed by atoms with Gasteiger partial charge in [-0.25, -0.2) is 0 Å². The maximum atomic E-state index is 6.24. The molecule has 0 spiro atoms. The Balaban J connectivity index is 1.30. The molecule has 0 N–H and O–H groups in total. The van der Waals surface area contributed by atoms with E-state index in [1.165, 1.54) is 60.4 Å². The Morgan fingerprint density at radius 2 is 1.13 bits per heavy atom. The summed E-state index contributed by atoms with van der Waals surface area (Å²) in [5, 5.41) is 5.63. The van der Waals surface area contributed by atoms with Gasteiger partial charge in [-0.15, -0.1) is 0 Å². The summed E-state index contributed by atoms with van der Waals surface area (Å²) in [5.74, 6) is 0. The number of nitrogens with zero attached hydrogens (tertiary/aromatic N) is 2. The highest BCUT2D eigenvalue weighted by Gasteiger charge is 2.16. The summed E-state index contributed by atoms with van der Waals surface area (Å²) in [6.07, 6.45) is 6.21. The van der Waals surface area contributed by atoms with Gasteiger partial charge in [0, 0.05) is 38.0 Å². The zero-order chi connectivity index (χ0) is 31.2. The van der Waals surface area contributed by atoms with Gasteiger partial charge in [-0.1, -0.05) is 103 Å². The minimum absolute atomic E-state index is 0.734. The third kappa shape index (κ3) is 4.67. The molecule has 8 aromatic rings. The maximum Gasteiger partial charge on any atom is 0.0541 e. The third-order valence-electron chi connectivity index (χ3n) is 8.90. The summed E-state index contributed by atoms with van der Waals surface area (Å²) in [6, 6.07) is 49.5. The number of allylic oxidation sites excluding steroid dienone is 5. The van der Waals surface area contributed by atoms with Crippen LogP contribution >= 0.6 is 11.6 Å². The Labute approximate surface area is 273 Å². The van der Waals surface area contributed by atoms with Gasteiger partial charge < -0.3 is 9.13 Å². The molecule has 0 bridgehead atoms. The van der Waals surface area contributed by atoms with Crippen LogP contribution in [0.15, 0.2) is 164 Å². The molecule has 46 heavy (non-hydrogen) atoms. The lowest BCUT2D eigenvalue weighted by Crippen LogP contribution is -1.95. The summed E-state index contributed by atoms with van der Waals surface area (Å²) in [5.41, 5.74) is 11.6. The molecule has 0 saturated heterocycles. The van der Waals surface area contributed by atoms with Gasteiger partial charge in [0.2, 0.25) is 0 Å². The molecule has 0 saturated carbocycles. The molecule has 0 aliphatic heterocycles. The summed E-state index contributed by atoms with van der Waals surface area (Å²) >= 11 is 6.24. The van der Waals surface area contributed by atoms with E-state index in [4.69, 9.17) is 11.6 Å². The van der Waals surface area contributed by atoms with E-state index in [9.17, 15) is 0 Å². The molecule has 2 nitrogen and oxygen atoms in total. The zero-order valence-electron chi connectivity index (χ0n) is 25.5. The smallest absolute Gasteiger partial charge is 0.0541 e. The van der Waals surface area contributed by atoms with Crippen molar-refractivity contribution in [2.75, 3.05) is 0 Å². The quantitative estimate of drug-likeness (QED) is 0.166. The molecule has 3 heteroatoms. The van der Waals surface area contributed by atoms with Gasteiger partial charge in [0.15, 0.2) is 0 Å². The summed E-state index contributed by atoms with van der Waals surface area (Å²) in [4.78, 5) is 0. The first-order valence-electron chi connectivity index (χ1n) is 15.5. The molecule has 2 heterocycles. The largest absolute Gasteiger partial charge is 0.309 e. The molecule has 0 unspecified atom stereocenters. The molecule has 0 amide bonds. The van der Waals surface area contributed by atoms with Crippen molar-refractivity contribution >= 4 is 66.5 Å². The van der Waals surface area contributed by atoms with Crippen molar-refractivity contribution in [2.24, 2.45) is 0 Å². The van der Waals surface area contributed by atoms with Gasteiger partial charge in [0.25, 0.3) is 0 Å². The first kappa shape index (κ1) is 27.9. The van der Waals surface area contributed by atoms with Gasteiger partial charge in [-0.2, -0.15) is 0 Å². The van der Waals surface area contributed by atoms with Crippen molar-refractivity contribution in [2.45, 2.75) is 6.92 Å². The van der Waals surface area contributed by atoms with Gasteiger partial charge in [0.05, 0.1) is 22.1 Å². The molecule has 220 valence electrons. The highest BCUT2D eigenvalue weighted by Crippen LogP contribution is 2.38. The predicted molar refractivity (Wildman–Crippen MR) is 199 cm³/mol. The average molecular weight is 611 g/mol. The van der Waals surface area contributed by atoms with Gasteiger partial charge in [0.1, 0.15) is 0 Å². The van der Waals surface area contributed by atoms with E-state index < -0.39 is 0 Å². The zero-order valence-corrected chi connectivity index (χ0v) is 26.2. The number of fused-ring (bicyclic) bond motifs is 6. The molecular weight excluding hydrogens is 580 g/mol. The fraction of sp³-hybridized carbons (Fsp3) is 0.0233. The number of hydrogen-bond acceptors (Lipinski definition) is 0. The second-order valence-corrected chi connectivity index (χ2v) is 12.1. The number of rotatable bonds is 6. The van der Waals surface area contributed by atoms with Crippen molar-refractivity contribution in [3.05, 3.63) is 175 Å². The Bertz CT molecular complexity index is 2490. The lowest BCUT2D eigenvalue weighted by molar-refractivity contribution is 1.18. The standard InChI is InChI=1S/C43H31ClN2/c1-3-11-35(26-29(2)30-12-5-4-6-13-30)46-41-17-10-8-15-37(41)39-28-32(19-25-43(39)46)31-18-24-42-38(27-31)36-14-7-9-16-40(36)45(42)34-22-20-33(44)21-23-34/h3-28H,1H2,2H3/b29-26+,35-11+. The predicted octanol–water partition coefficient (Wildman–Crippen LogP) is 12.3. The van der Waals surface area contributed by atoms with Crippen molar-refractivity contribution in [3.8, 4) is 16.8 Å². The van der Waals surface area contributed by atoms with Gasteiger partial charge in [-0.05, 0) is 102 Å². The third-order valence-corrected chi connectivity index (χ3v) is 9.16. The van der Waals surface area contributed by atoms with Crippen LogP contribution in [0.3, 0.4) is 0 Å². The van der Waals surface area contributed by atoms with E-state index in [0.29, 0.717) is 0 Å². The fourth-order valence-electron chi connectivity index (χ4n) is 6.77. The number of para-hydroxylation sites is 2. The summed E-state index contributed by atoms with van der Waals surface area (Å²) < 4.78 is 4.67. The van der Waals surface area contributed by atoms with E-state index in [1.807, 2.05) is 18.2 Å². The number of halogens is 1. The topological polar surface area (TPSA) is 9.86 Å². The second-order valence-electron chi connectivity index (χ2n) is 11.7. The Morgan fingerprint density at radius 3 is 1.83 bits per heavy atom. The van der Waals surface area contributed by atoms with Gasteiger partial charge in [-0.3, -0.25) is 0 Å². The molecular formula is C43H31ClN2. The monoisotopic (exact) mass is 610 g/mol. The van der Waals surface area contributed by atoms with Crippen LogP contribution in [-0.4, -0.2) is 9.13 Å². The highest BCUT2D eigenvalue weighted by molar-refractivity contribution is 6.30. The molecule has 0 radical (unpaired) electrons. The Morgan fingerprint density at radius 1 is 0.587 bits per heavy atom. The van der Waals surface area contributed by atoms with E-state index in [1.54, 1.807) is 0 Å². The van der Waals surface area contributed by atoms with Crippen molar-refractivity contribution in [3.63, 3.8) is 0 Å². The van der Waals surface area contributed by atoms with Crippen LogP contribution in [0, 0.1) is 0 Å². The minimum Gasteiger partial charge on any atom is -0.309 e. The molecule has 8 rings (SSSR count). The number of aromatic nitrogens is 2. The Kier molecular flexibility index (Phi) is 6.93. The van der Waals surface area contributed by atoms with Crippen LogP contribution in [0.2, 0.25) is 5.02 Å². The molecule has 0 aliphatic carbocycles. The average Bonchev–Trinajstić information content (AvgIpc) is 3.61. The normalized spacial score (nSPS) is 12.5. The first-order chi connectivity index (χ1) is 22.6. The van der Waals surface area contributed by atoms with Crippen molar-refractivity contribution in [1.29, 1.82) is 0 Å². The van der Waals surface area contributed by atoms with E-state index in [0.717, 1.165) is 21.9 Å². The lowest BCUT2D eigenvalue weighted by atomic mass is 10.0. The number of benzene rings is 6. The lowest BCUT2D eigenvalue weighted by Gasteiger charge is -2.11. The summed E-state index contributed by atoms with van der Waals surface area (Å²) in [6.45, 7) is 6.21. The van der Waals surface area contributed by atoms with Crippen LogP contribution in [-0.2, 0) is 0 Å². The minimum atomic E-state index is 0.734. The highest BCUT2D eigenvalue weighted by atomic mass is 35.5. The van der Waals surface area contributed by atoms with Crippen molar-refractivity contribution in [1.82, 2.24) is 9.13 Å². The van der Waals surface area contributed by atoms with Gasteiger partial charge >= 0.3 is 0 Å². The fourth-order valence-corrected chi connectivity index (χ4v) is 6.89. The van der Waals surface area contributed by atoms with E-state index in [2.05, 4.69) is 162 Å². The van der Waals surface area contributed by atoms with Crippen LogP contribution in [0.5, 0.6) is 0 Å².